The number of sulfonamides is 2. The van der Waals surface area contributed by atoms with Crippen LogP contribution in [-0.4, -0.2) is 22.7 Å². The third-order valence-electron chi connectivity index (χ3n) is 3.68. The molecule has 3 N–H and O–H groups in total. The fraction of sp³-hybridized carbons (Fsp3) is 0. The summed E-state index contributed by atoms with van der Waals surface area (Å²) < 4.78 is 50.1. The van der Waals surface area contributed by atoms with Crippen molar-refractivity contribution < 1.29 is 21.6 Å². The minimum absolute atomic E-state index is 0.125. The van der Waals surface area contributed by atoms with Crippen LogP contribution in [-0.2, 0) is 20.0 Å². The van der Waals surface area contributed by atoms with Crippen LogP contribution in [0, 0.1) is 0 Å². The van der Waals surface area contributed by atoms with Gasteiger partial charge in [0.25, 0.3) is 15.9 Å². The van der Waals surface area contributed by atoms with Crippen molar-refractivity contribution in [2.75, 3.05) is 0 Å². The molecule has 0 spiro atoms. The Labute approximate surface area is 150 Å². The summed E-state index contributed by atoms with van der Waals surface area (Å²) in [7, 11) is -8.71. The third kappa shape index (κ3) is 3.59. The lowest BCUT2D eigenvalue weighted by molar-refractivity contribution is 0.0981. The lowest BCUT2D eigenvalue weighted by Crippen LogP contribution is -2.32. The van der Waals surface area contributed by atoms with E-state index in [9.17, 15) is 21.6 Å². The third-order valence-corrected chi connectivity index (χ3v) is 6.17. The minimum atomic E-state index is -4.43. The van der Waals surface area contributed by atoms with Gasteiger partial charge in [0, 0.05) is 5.56 Å². The lowest BCUT2D eigenvalue weighted by Gasteiger charge is -2.10. The van der Waals surface area contributed by atoms with E-state index in [1.807, 2.05) is 16.9 Å². The predicted molar refractivity (Wildman–Crippen MR) is 96.4 cm³/mol. The van der Waals surface area contributed by atoms with Crippen LogP contribution in [0.3, 0.4) is 0 Å². The van der Waals surface area contributed by atoms with Crippen LogP contribution in [0.2, 0.25) is 0 Å². The molecule has 0 unspecified atom stereocenters. The van der Waals surface area contributed by atoms with Gasteiger partial charge in [-0.05, 0) is 35.0 Å². The summed E-state index contributed by atoms with van der Waals surface area (Å²) >= 11 is 0. The molecule has 7 nitrogen and oxygen atoms in total. The summed E-state index contributed by atoms with van der Waals surface area (Å²) in [5.41, 5.74) is 0.125. The molecule has 0 radical (unpaired) electrons. The molecule has 0 aromatic heterocycles. The Bertz CT molecular complexity index is 1220. The largest absolute Gasteiger partial charge is 0.268 e. The quantitative estimate of drug-likeness (QED) is 0.700. The maximum absolute atomic E-state index is 12.5. The normalized spacial score (nSPS) is 12.0. The SMILES string of the molecule is NS(=O)(=O)c1ccccc1S(=O)(=O)NC(=O)c1ccc2ccccc2c1. The summed E-state index contributed by atoms with van der Waals surface area (Å²) in [5, 5.41) is 6.71. The highest BCUT2D eigenvalue weighted by atomic mass is 32.2. The molecule has 0 heterocycles. The maximum atomic E-state index is 12.5. The monoisotopic (exact) mass is 390 g/mol. The predicted octanol–water partition coefficient (Wildman–Crippen LogP) is 1.61. The Hall–Kier alpha value is -2.75. The first kappa shape index (κ1) is 18.1. The first-order valence-electron chi connectivity index (χ1n) is 7.36. The Morgan fingerprint density at radius 2 is 1.35 bits per heavy atom. The van der Waals surface area contributed by atoms with E-state index in [0.717, 1.165) is 22.9 Å². The molecular formula is C17H14N2O5S2. The summed E-state index contributed by atoms with van der Waals surface area (Å²) in [6.07, 6.45) is 0. The van der Waals surface area contributed by atoms with E-state index in [1.54, 1.807) is 24.3 Å². The first-order chi connectivity index (χ1) is 12.2. The summed E-state index contributed by atoms with van der Waals surface area (Å²) in [4.78, 5) is 11.2. The van der Waals surface area contributed by atoms with Gasteiger partial charge in [0.05, 0.1) is 0 Å². The lowest BCUT2D eigenvalue weighted by atomic mass is 10.1. The molecule has 0 saturated carbocycles. The number of benzene rings is 3. The second-order valence-electron chi connectivity index (χ2n) is 5.49. The molecule has 26 heavy (non-hydrogen) atoms. The number of fused-ring (bicyclic) bond motifs is 1. The molecule has 134 valence electrons. The van der Waals surface area contributed by atoms with Crippen LogP contribution >= 0.6 is 0 Å². The minimum Gasteiger partial charge on any atom is -0.268 e. The number of carbonyl (C=O) groups is 1. The van der Waals surface area contributed by atoms with Gasteiger partial charge < -0.3 is 0 Å². The molecule has 0 aliphatic rings. The molecule has 0 fully saturated rings. The number of hydrogen-bond donors (Lipinski definition) is 2. The van der Waals surface area contributed by atoms with E-state index in [4.69, 9.17) is 5.14 Å². The average Bonchev–Trinajstić information content (AvgIpc) is 2.60. The van der Waals surface area contributed by atoms with E-state index in [0.29, 0.717) is 0 Å². The van der Waals surface area contributed by atoms with E-state index in [-0.39, 0.29) is 5.56 Å². The molecule has 0 atom stereocenters. The van der Waals surface area contributed by atoms with Crippen molar-refractivity contribution in [2.24, 2.45) is 5.14 Å². The number of nitrogens with two attached hydrogens (primary N) is 1. The molecule has 9 heteroatoms. The average molecular weight is 390 g/mol. The van der Waals surface area contributed by atoms with Gasteiger partial charge in [-0.25, -0.2) is 26.7 Å². The number of nitrogens with one attached hydrogen (secondary N) is 1. The van der Waals surface area contributed by atoms with Crippen molar-refractivity contribution in [3.05, 3.63) is 72.3 Å². The van der Waals surface area contributed by atoms with Gasteiger partial charge in [-0.2, -0.15) is 0 Å². The summed E-state index contributed by atoms with van der Waals surface area (Å²) in [6, 6.07) is 16.8. The summed E-state index contributed by atoms with van der Waals surface area (Å²) in [5.74, 6) is -0.875. The van der Waals surface area contributed by atoms with Crippen molar-refractivity contribution in [3.63, 3.8) is 0 Å². The van der Waals surface area contributed by atoms with E-state index in [2.05, 4.69) is 0 Å². The Morgan fingerprint density at radius 3 is 2.00 bits per heavy atom. The molecule has 3 aromatic rings. The Kier molecular flexibility index (Phi) is 4.53. The van der Waals surface area contributed by atoms with Crippen LogP contribution in [0.5, 0.6) is 0 Å². The van der Waals surface area contributed by atoms with Crippen LogP contribution in [0.4, 0.5) is 0 Å². The van der Waals surface area contributed by atoms with Crippen LogP contribution in [0.15, 0.2) is 76.5 Å². The van der Waals surface area contributed by atoms with Gasteiger partial charge in [0.15, 0.2) is 0 Å². The van der Waals surface area contributed by atoms with Crippen LogP contribution in [0.25, 0.3) is 10.8 Å². The molecular weight excluding hydrogens is 376 g/mol. The number of primary sulfonamides is 1. The Morgan fingerprint density at radius 1 is 0.769 bits per heavy atom. The van der Waals surface area contributed by atoms with Crippen molar-refractivity contribution in [2.45, 2.75) is 9.79 Å². The van der Waals surface area contributed by atoms with Gasteiger partial charge >= 0.3 is 0 Å². The number of carbonyl (C=O) groups excluding carboxylic acids is 1. The van der Waals surface area contributed by atoms with E-state index in [1.165, 1.54) is 18.2 Å². The van der Waals surface area contributed by atoms with Crippen molar-refractivity contribution in [1.29, 1.82) is 0 Å². The highest BCUT2D eigenvalue weighted by molar-refractivity contribution is 7.92. The van der Waals surface area contributed by atoms with Crippen LogP contribution < -0.4 is 9.86 Å². The van der Waals surface area contributed by atoms with Gasteiger partial charge in [-0.3, -0.25) is 4.79 Å². The number of amides is 1. The molecule has 0 aliphatic heterocycles. The van der Waals surface area contributed by atoms with Crippen molar-refractivity contribution in [1.82, 2.24) is 4.72 Å². The Balaban J connectivity index is 1.98. The zero-order valence-electron chi connectivity index (χ0n) is 13.3. The van der Waals surface area contributed by atoms with Crippen molar-refractivity contribution >= 4 is 36.7 Å². The van der Waals surface area contributed by atoms with E-state index >= 15 is 0 Å². The van der Waals surface area contributed by atoms with Gasteiger partial charge in [0.2, 0.25) is 10.0 Å². The number of rotatable bonds is 4. The molecule has 3 aromatic carbocycles. The molecule has 0 aliphatic carbocycles. The molecule has 1 amide bonds. The fourth-order valence-electron chi connectivity index (χ4n) is 2.47. The molecule has 0 saturated heterocycles. The van der Waals surface area contributed by atoms with Crippen LogP contribution in [0.1, 0.15) is 10.4 Å². The second-order valence-corrected chi connectivity index (χ2v) is 8.67. The highest BCUT2D eigenvalue weighted by Crippen LogP contribution is 2.20. The van der Waals surface area contributed by atoms with Gasteiger partial charge in [-0.1, -0.05) is 42.5 Å². The first-order valence-corrected chi connectivity index (χ1v) is 10.4. The number of hydrogen-bond acceptors (Lipinski definition) is 5. The standard InChI is InChI=1S/C17H14N2O5S2/c18-25(21,22)15-7-3-4-8-16(15)26(23,24)19-17(20)14-10-9-12-5-1-2-6-13(12)11-14/h1-11H,(H,19,20)(H2,18,21,22). The zero-order valence-corrected chi connectivity index (χ0v) is 14.9. The van der Waals surface area contributed by atoms with Crippen molar-refractivity contribution in [3.8, 4) is 0 Å². The van der Waals surface area contributed by atoms with Gasteiger partial charge in [-0.15, -0.1) is 0 Å². The second kappa shape index (κ2) is 6.52. The zero-order chi connectivity index (χ0) is 18.9. The van der Waals surface area contributed by atoms with E-state index < -0.39 is 35.7 Å². The fourth-order valence-corrected chi connectivity index (χ4v) is 4.83. The molecule has 3 rings (SSSR count). The molecule has 0 bridgehead atoms. The smallest absolute Gasteiger partial charge is 0.265 e. The van der Waals surface area contributed by atoms with Gasteiger partial charge in [0.1, 0.15) is 9.79 Å². The summed E-state index contributed by atoms with van der Waals surface area (Å²) in [6.45, 7) is 0. The highest BCUT2D eigenvalue weighted by Gasteiger charge is 2.26. The topological polar surface area (TPSA) is 123 Å². The maximum Gasteiger partial charge on any atom is 0.265 e.